The molecule has 4 N–H and O–H groups in total. The lowest BCUT2D eigenvalue weighted by Crippen LogP contribution is -2.62. The Hall–Kier alpha value is -0.930. The smallest absolute Gasteiger partial charge is 0.111 e. The molecule has 0 amide bonds. The minimum atomic E-state index is -1.38. The first-order chi connectivity index (χ1) is 13.4. The molecule has 0 spiro atoms. The highest BCUT2D eigenvalue weighted by atomic mass is 32.2. The van der Waals surface area contributed by atoms with Gasteiger partial charge in [0.1, 0.15) is 30.5 Å². The fourth-order valence-electron chi connectivity index (χ4n) is 3.94. The van der Waals surface area contributed by atoms with Crippen molar-refractivity contribution in [1.82, 2.24) is 0 Å². The Balaban J connectivity index is 1.78. The van der Waals surface area contributed by atoms with Crippen molar-refractivity contribution in [2.24, 2.45) is 0 Å². The number of allylic oxidation sites excluding steroid dienone is 1. The molecule has 1 aromatic rings. The van der Waals surface area contributed by atoms with Crippen LogP contribution in [0.15, 0.2) is 34.7 Å². The van der Waals surface area contributed by atoms with Crippen LogP contribution in [-0.4, -0.2) is 76.0 Å². The van der Waals surface area contributed by atoms with Crippen molar-refractivity contribution >= 4 is 11.8 Å². The lowest BCUT2D eigenvalue weighted by Gasteiger charge is -2.43. The number of aliphatic hydroxyl groups is 4. The minimum Gasteiger partial charge on any atom is -0.394 e. The zero-order valence-electron chi connectivity index (χ0n) is 16.5. The molecular weight excluding hydrogens is 380 g/mol. The van der Waals surface area contributed by atoms with Gasteiger partial charge < -0.3 is 29.9 Å². The van der Waals surface area contributed by atoms with E-state index in [0.29, 0.717) is 0 Å². The van der Waals surface area contributed by atoms with Crippen LogP contribution in [0.25, 0.3) is 0 Å². The van der Waals surface area contributed by atoms with Gasteiger partial charge in [0, 0.05) is 13.5 Å². The van der Waals surface area contributed by atoms with Crippen molar-refractivity contribution in [2.75, 3.05) is 13.7 Å². The van der Waals surface area contributed by atoms with Gasteiger partial charge in [-0.05, 0) is 34.9 Å². The molecule has 1 fully saturated rings. The van der Waals surface area contributed by atoms with Crippen LogP contribution in [-0.2, 0) is 22.3 Å². The topological polar surface area (TPSA) is 99.4 Å². The highest BCUT2D eigenvalue weighted by molar-refractivity contribution is 8.04. The second kappa shape index (κ2) is 9.26. The fourth-order valence-corrected chi connectivity index (χ4v) is 5.61. The van der Waals surface area contributed by atoms with Gasteiger partial charge in [-0.15, -0.1) is 11.8 Å². The summed E-state index contributed by atoms with van der Waals surface area (Å²) >= 11 is 1.58. The Labute approximate surface area is 170 Å². The van der Waals surface area contributed by atoms with Crippen molar-refractivity contribution in [3.63, 3.8) is 0 Å². The summed E-state index contributed by atoms with van der Waals surface area (Å²) in [7, 11) is 1.62. The summed E-state index contributed by atoms with van der Waals surface area (Å²) in [5.41, 5.74) is 3.57. The van der Waals surface area contributed by atoms with Gasteiger partial charge in [0.25, 0.3) is 0 Å². The van der Waals surface area contributed by atoms with Crippen LogP contribution in [0.3, 0.4) is 0 Å². The highest BCUT2D eigenvalue weighted by Crippen LogP contribution is 2.45. The average molecular weight is 411 g/mol. The number of hydrogen-bond acceptors (Lipinski definition) is 7. The third kappa shape index (κ3) is 4.16. The summed E-state index contributed by atoms with van der Waals surface area (Å²) in [6, 6.07) is 8.52. The van der Waals surface area contributed by atoms with Crippen LogP contribution in [0, 0.1) is 0 Å². The van der Waals surface area contributed by atoms with E-state index in [2.05, 4.69) is 31.2 Å². The summed E-state index contributed by atoms with van der Waals surface area (Å²) in [6.45, 7) is 3.71. The van der Waals surface area contributed by atoms with Gasteiger partial charge in [0.05, 0.1) is 18.0 Å². The monoisotopic (exact) mass is 410 g/mol. The zero-order valence-corrected chi connectivity index (χ0v) is 17.3. The van der Waals surface area contributed by atoms with Gasteiger partial charge in [-0.1, -0.05) is 31.2 Å². The largest absolute Gasteiger partial charge is 0.394 e. The van der Waals surface area contributed by atoms with E-state index in [0.717, 1.165) is 23.3 Å². The molecule has 2 aliphatic rings. The second-order valence-electron chi connectivity index (χ2n) is 7.49. The van der Waals surface area contributed by atoms with Crippen molar-refractivity contribution < 1.29 is 29.9 Å². The molecule has 2 unspecified atom stereocenters. The minimum absolute atomic E-state index is 0.277. The lowest BCUT2D eigenvalue weighted by molar-refractivity contribution is -0.231. The van der Waals surface area contributed by atoms with E-state index in [1.54, 1.807) is 18.9 Å². The first-order valence-corrected chi connectivity index (χ1v) is 10.6. The number of benzene rings is 1. The Bertz CT molecular complexity index is 689. The molecule has 0 radical (unpaired) electrons. The summed E-state index contributed by atoms with van der Waals surface area (Å²) in [5.74, 6) is 0. The van der Waals surface area contributed by atoms with Crippen molar-refractivity contribution in [3.8, 4) is 0 Å². The molecule has 0 saturated carbocycles. The molecule has 2 heterocycles. The summed E-state index contributed by atoms with van der Waals surface area (Å²) < 4.78 is 11.5. The number of rotatable bonds is 6. The number of aliphatic hydroxyl groups excluding tert-OH is 4. The molecule has 28 heavy (non-hydrogen) atoms. The average Bonchev–Trinajstić information content (AvgIpc) is 3.02. The molecule has 1 aromatic carbocycles. The number of ether oxygens (including phenoxy) is 2. The Morgan fingerprint density at radius 2 is 1.68 bits per heavy atom. The van der Waals surface area contributed by atoms with Crippen molar-refractivity contribution in [2.45, 2.75) is 68.6 Å². The molecule has 0 aromatic heterocycles. The van der Waals surface area contributed by atoms with Gasteiger partial charge >= 0.3 is 0 Å². The van der Waals surface area contributed by atoms with E-state index in [1.165, 1.54) is 11.1 Å². The normalized spacial score (nSPS) is 36.2. The number of methoxy groups -OCH3 is 1. The third-order valence-corrected chi connectivity index (χ3v) is 7.28. The maximum absolute atomic E-state index is 10.5. The Morgan fingerprint density at radius 3 is 2.25 bits per heavy atom. The molecule has 6 nitrogen and oxygen atoms in total. The molecule has 3 rings (SSSR count). The summed E-state index contributed by atoms with van der Waals surface area (Å²) in [5, 5.41) is 39.9. The third-order valence-electron chi connectivity index (χ3n) is 5.75. The molecule has 156 valence electrons. The van der Waals surface area contributed by atoms with Crippen LogP contribution in [0.1, 0.15) is 25.0 Å². The maximum Gasteiger partial charge on any atom is 0.111 e. The van der Waals surface area contributed by atoms with Crippen molar-refractivity contribution in [1.29, 1.82) is 0 Å². The SMILES string of the molecule is CCc1ccc(CC2=C(C)C(OC)C([C@@H]3O[C@H](CO)[C@@H](O)[C@H](O)[C@H]3O)S2)cc1. The van der Waals surface area contributed by atoms with Crippen LogP contribution >= 0.6 is 11.8 Å². The summed E-state index contributed by atoms with van der Waals surface area (Å²) in [4.78, 5) is 1.15. The molecule has 1 saturated heterocycles. The predicted molar refractivity (Wildman–Crippen MR) is 108 cm³/mol. The number of aryl methyl sites for hydroxylation is 1. The molecule has 0 bridgehead atoms. The molecule has 2 aliphatic heterocycles. The van der Waals surface area contributed by atoms with E-state index < -0.39 is 37.1 Å². The first-order valence-electron chi connectivity index (χ1n) is 9.68. The van der Waals surface area contributed by atoms with Gasteiger partial charge in [0.15, 0.2) is 0 Å². The van der Waals surface area contributed by atoms with Gasteiger partial charge in [0.2, 0.25) is 0 Å². The molecule has 7 atom stereocenters. The van der Waals surface area contributed by atoms with E-state index >= 15 is 0 Å². The molecule has 0 aliphatic carbocycles. The van der Waals surface area contributed by atoms with E-state index in [-0.39, 0.29) is 11.4 Å². The van der Waals surface area contributed by atoms with Gasteiger partial charge in [-0.2, -0.15) is 0 Å². The second-order valence-corrected chi connectivity index (χ2v) is 8.76. The van der Waals surface area contributed by atoms with Gasteiger partial charge in [-0.3, -0.25) is 0 Å². The highest BCUT2D eigenvalue weighted by Gasteiger charge is 2.50. The van der Waals surface area contributed by atoms with Crippen LogP contribution in [0.5, 0.6) is 0 Å². The number of hydrogen-bond donors (Lipinski definition) is 4. The fraction of sp³-hybridized carbons (Fsp3) is 0.619. The Morgan fingerprint density at radius 1 is 1.04 bits per heavy atom. The van der Waals surface area contributed by atoms with Gasteiger partial charge in [-0.25, -0.2) is 0 Å². The molecule has 7 heteroatoms. The van der Waals surface area contributed by atoms with Crippen LogP contribution in [0.2, 0.25) is 0 Å². The predicted octanol–water partition coefficient (Wildman–Crippen LogP) is 1.04. The van der Waals surface area contributed by atoms with E-state index in [4.69, 9.17) is 9.47 Å². The first kappa shape index (κ1) is 21.8. The van der Waals surface area contributed by atoms with E-state index in [9.17, 15) is 20.4 Å². The molecular formula is C21H30O6S. The zero-order chi connectivity index (χ0) is 20.4. The maximum atomic E-state index is 10.5. The Kier molecular flexibility index (Phi) is 7.20. The lowest BCUT2D eigenvalue weighted by atomic mass is 9.90. The van der Waals surface area contributed by atoms with E-state index in [1.807, 2.05) is 6.92 Å². The van der Waals surface area contributed by atoms with Crippen LogP contribution in [0.4, 0.5) is 0 Å². The quantitative estimate of drug-likeness (QED) is 0.556. The summed E-state index contributed by atoms with van der Waals surface area (Å²) in [6.07, 6.45) is -4.18. The van der Waals surface area contributed by atoms with Crippen LogP contribution < -0.4 is 0 Å². The standard InChI is InChI=1S/C21H30O6S/c1-4-12-5-7-13(8-6-12)9-15-11(2)19(26-3)21(28-15)20-18(25)17(24)16(23)14(10-22)27-20/h5-8,14,16-25H,4,9-10H2,1-3H3/t14-,16-,17+,18-,19?,20-,21?/m1/s1. The van der Waals surface area contributed by atoms with Crippen molar-refractivity contribution in [3.05, 3.63) is 45.9 Å². The number of thioether (sulfide) groups is 1.